The van der Waals surface area contributed by atoms with Crippen LogP contribution in [0, 0.1) is 0 Å². The van der Waals surface area contributed by atoms with Crippen molar-refractivity contribution in [3.05, 3.63) is 46.4 Å². The lowest BCUT2D eigenvalue weighted by molar-refractivity contribution is -0.135. The van der Waals surface area contributed by atoms with Gasteiger partial charge in [0.05, 0.1) is 18.2 Å². The summed E-state index contributed by atoms with van der Waals surface area (Å²) in [6.45, 7) is 0. The van der Waals surface area contributed by atoms with Crippen LogP contribution in [0.4, 0.5) is 0 Å². The summed E-state index contributed by atoms with van der Waals surface area (Å²) in [6.07, 6.45) is 6.64. The van der Waals surface area contributed by atoms with E-state index in [4.69, 9.17) is 0 Å². The molecule has 0 unspecified atom stereocenters. The van der Waals surface area contributed by atoms with Crippen molar-refractivity contribution >= 4 is 35.0 Å². The molecule has 3 rings (SSSR count). The molecule has 0 spiro atoms. The minimum absolute atomic E-state index is 0.237. The predicted octanol–water partition coefficient (Wildman–Crippen LogP) is 2.56. The number of esters is 1. The van der Waals surface area contributed by atoms with Gasteiger partial charge in [0, 0.05) is 6.08 Å². The van der Waals surface area contributed by atoms with E-state index >= 15 is 0 Å². The first-order valence-electron chi connectivity index (χ1n) is 7.65. The number of benzene rings is 1. The van der Waals surface area contributed by atoms with E-state index in [0.29, 0.717) is 11.1 Å². The zero-order valence-electron chi connectivity index (χ0n) is 13.2. The average Bonchev–Trinajstić information content (AvgIpc) is 2.87. The lowest BCUT2D eigenvalue weighted by atomic mass is 9.80. The minimum Gasteiger partial charge on any atom is -0.466 e. The molecule has 2 aliphatic rings. The minimum atomic E-state index is -0.580. The Morgan fingerprint density at radius 1 is 1.33 bits per heavy atom. The second-order valence-electron chi connectivity index (χ2n) is 5.53. The summed E-state index contributed by atoms with van der Waals surface area (Å²) in [5, 5.41) is 10.8. The summed E-state index contributed by atoms with van der Waals surface area (Å²) in [6, 6.07) is 8.28. The molecule has 1 heterocycles. The molecular weight excluding hydrogens is 326 g/mol. The molecule has 7 heteroatoms. The molecule has 1 N–H and O–H groups in total. The average molecular weight is 343 g/mol. The highest BCUT2D eigenvalue weighted by Crippen LogP contribution is 2.36. The number of thioether (sulfide) groups is 1. The van der Waals surface area contributed by atoms with Crippen molar-refractivity contribution in [2.45, 2.75) is 25.2 Å². The third-order valence-electron chi connectivity index (χ3n) is 3.97. The summed E-state index contributed by atoms with van der Waals surface area (Å²) < 4.78 is 4.50. The van der Waals surface area contributed by atoms with Gasteiger partial charge in [0.1, 0.15) is 0 Å². The normalized spacial score (nSPS) is 21.3. The van der Waals surface area contributed by atoms with Crippen LogP contribution >= 0.6 is 11.8 Å². The van der Waals surface area contributed by atoms with Crippen LogP contribution in [0.3, 0.4) is 0 Å². The zero-order valence-corrected chi connectivity index (χ0v) is 14.0. The molecule has 1 aliphatic carbocycles. The van der Waals surface area contributed by atoms with E-state index < -0.39 is 5.97 Å². The number of amides is 1. The molecule has 1 saturated carbocycles. The molecule has 1 saturated heterocycles. The predicted molar refractivity (Wildman–Crippen MR) is 93.9 cm³/mol. The highest BCUT2D eigenvalue weighted by atomic mass is 32.2. The van der Waals surface area contributed by atoms with Gasteiger partial charge in [-0.3, -0.25) is 10.1 Å². The van der Waals surface area contributed by atoms with Gasteiger partial charge in [-0.2, -0.15) is 5.10 Å². The molecule has 2 fully saturated rings. The van der Waals surface area contributed by atoms with Gasteiger partial charge < -0.3 is 4.74 Å². The first-order chi connectivity index (χ1) is 11.7. The van der Waals surface area contributed by atoms with Gasteiger partial charge in [0.15, 0.2) is 5.17 Å². The maximum absolute atomic E-state index is 11.7. The first kappa shape index (κ1) is 16.4. The van der Waals surface area contributed by atoms with Crippen molar-refractivity contribution in [3.8, 4) is 0 Å². The Labute approximate surface area is 144 Å². The molecule has 1 aromatic carbocycles. The van der Waals surface area contributed by atoms with Gasteiger partial charge in [-0.05, 0) is 41.6 Å². The summed E-state index contributed by atoms with van der Waals surface area (Å²) in [7, 11) is 1.26. The third-order valence-corrected chi connectivity index (χ3v) is 4.87. The van der Waals surface area contributed by atoms with Gasteiger partial charge in [0.2, 0.25) is 0 Å². The van der Waals surface area contributed by atoms with E-state index in [1.165, 1.54) is 31.9 Å². The Hall–Kier alpha value is -2.41. The van der Waals surface area contributed by atoms with Crippen LogP contribution in [0.1, 0.15) is 36.3 Å². The summed E-state index contributed by atoms with van der Waals surface area (Å²) in [4.78, 5) is 23.1. The van der Waals surface area contributed by atoms with E-state index in [9.17, 15) is 9.59 Å². The number of nitrogens with one attached hydrogen (secondary N) is 1. The number of amidine groups is 1. The van der Waals surface area contributed by atoms with Crippen LogP contribution < -0.4 is 5.32 Å². The van der Waals surface area contributed by atoms with E-state index in [2.05, 4.69) is 32.4 Å². The number of carbonyl (C=O) groups is 2. The Kier molecular flexibility index (Phi) is 5.10. The maximum atomic E-state index is 11.7. The second-order valence-corrected chi connectivity index (χ2v) is 6.56. The first-order valence-corrected chi connectivity index (χ1v) is 8.47. The number of rotatable bonds is 4. The molecule has 24 heavy (non-hydrogen) atoms. The number of hydrogen-bond acceptors (Lipinski definition) is 6. The summed E-state index contributed by atoms with van der Waals surface area (Å²) >= 11 is 1.05. The molecule has 0 radical (unpaired) electrons. The van der Waals surface area contributed by atoms with Crippen molar-refractivity contribution in [1.82, 2.24) is 5.32 Å². The summed E-state index contributed by atoms with van der Waals surface area (Å²) in [5.74, 6) is -0.255. The van der Waals surface area contributed by atoms with Gasteiger partial charge >= 0.3 is 5.97 Å². The van der Waals surface area contributed by atoms with Crippen molar-refractivity contribution in [3.63, 3.8) is 0 Å². The van der Waals surface area contributed by atoms with Crippen LogP contribution in [0.25, 0.3) is 0 Å². The lowest BCUT2D eigenvalue weighted by Gasteiger charge is -2.25. The Morgan fingerprint density at radius 3 is 2.71 bits per heavy atom. The van der Waals surface area contributed by atoms with E-state index in [1.807, 2.05) is 12.1 Å². The molecule has 1 amide bonds. The van der Waals surface area contributed by atoms with Crippen LogP contribution in [0.15, 0.2) is 45.4 Å². The van der Waals surface area contributed by atoms with Gasteiger partial charge in [-0.1, -0.05) is 30.7 Å². The number of ether oxygens (including phenoxy) is 1. The molecule has 1 aliphatic heterocycles. The highest BCUT2D eigenvalue weighted by molar-refractivity contribution is 8.18. The number of carbonyl (C=O) groups excluding carboxylic acids is 2. The van der Waals surface area contributed by atoms with Crippen molar-refractivity contribution in [2.75, 3.05) is 7.11 Å². The Balaban J connectivity index is 1.61. The maximum Gasteiger partial charge on any atom is 0.331 e. The van der Waals surface area contributed by atoms with Crippen molar-refractivity contribution in [2.24, 2.45) is 10.2 Å². The zero-order chi connectivity index (χ0) is 16.9. The van der Waals surface area contributed by atoms with E-state index in [1.54, 1.807) is 6.21 Å². The molecule has 124 valence electrons. The summed E-state index contributed by atoms with van der Waals surface area (Å²) in [5.41, 5.74) is 2.32. The highest BCUT2D eigenvalue weighted by Gasteiger charge is 2.25. The molecule has 1 aromatic rings. The Bertz CT molecular complexity index is 734. The van der Waals surface area contributed by atoms with Gasteiger partial charge in [0.25, 0.3) is 5.91 Å². The number of methoxy groups -OCH3 is 1. The fourth-order valence-electron chi connectivity index (χ4n) is 2.38. The van der Waals surface area contributed by atoms with Crippen molar-refractivity contribution in [1.29, 1.82) is 0 Å². The lowest BCUT2D eigenvalue weighted by Crippen LogP contribution is -2.19. The molecule has 0 atom stereocenters. The third kappa shape index (κ3) is 3.91. The standard InChI is InChI=1S/C17H17N3O3S/c1-23-15(21)9-14-16(22)19-17(24-14)20-18-10-11-5-7-13(8-6-11)12-3-2-4-12/h5-10,12H,2-4H2,1H3,(H,19,20,22)/b14-9+,18-10?. The van der Waals surface area contributed by atoms with Crippen LogP contribution in [-0.4, -0.2) is 30.4 Å². The van der Waals surface area contributed by atoms with Gasteiger partial charge in [-0.15, -0.1) is 5.10 Å². The van der Waals surface area contributed by atoms with E-state index in [-0.39, 0.29) is 10.8 Å². The quantitative estimate of drug-likeness (QED) is 0.394. The molecule has 0 bridgehead atoms. The molecular formula is C17H17N3O3S. The SMILES string of the molecule is COC(=O)/C=C1/S/C(=N\N=Cc2ccc(C3CCC3)cc2)NC1=O. The van der Waals surface area contributed by atoms with Crippen LogP contribution in [0.2, 0.25) is 0 Å². The monoisotopic (exact) mass is 343 g/mol. The van der Waals surface area contributed by atoms with Crippen LogP contribution in [-0.2, 0) is 14.3 Å². The number of hydrogen-bond donors (Lipinski definition) is 1. The number of nitrogens with zero attached hydrogens (tertiary/aromatic N) is 2. The van der Waals surface area contributed by atoms with E-state index in [0.717, 1.165) is 23.4 Å². The fraction of sp³-hybridized carbons (Fsp3) is 0.294. The van der Waals surface area contributed by atoms with Crippen LogP contribution in [0.5, 0.6) is 0 Å². The molecule has 0 aromatic heterocycles. The smallest absolute Gasteiger partial charge is 0.331 e. The topological polar surface area (TPSA) is 80.1 Å². The van der Waals surface area contributed by atoms with Crippen molar-refractivity contribution < 1.29 is 14.3 Å². The van der Waals surface area contributed by atoms with Gasteiger partial charge in [-0.25, -0.2) is 4.79 Å². The molecule has 6 nitrogen and oxygen atoms in total. The fourth-order valence-corrected chi connectivity index (χ4v) is 3.12. The second kappa shape index (κ2) is 7.44. The Morgan fingerprint density at radius 2 is 2.08 bits per heavy atom. The largest absolute Gasteiger partial charge is 0.466 e.